The predicted molar refractivity (Wildman–Crippen MR) is 103 cm³/mol. The average molecular weight is 394 g/mol. The van der Waals surface area contributed by atoms with Gasteiger partial charge < -0.3 is 9.47 Å². The fourth-order valence-corrected chi connectivity index (χ4v) is 5.14. The highest BCUT2D eigenvalue weighted by Gasteiger charge is 2.32. The first-order valence-electron chi connectivity index (χ1n) is 9.25. The van der Waals surface area contributed by atoms with Crippen LogP contribution in [0.25, 0.3) is 0 Å². The summed E-state index contributed by atoms with van der Waals surface area (Å²) >= 11 is 0. The van der Waals surface area contributed by atoms with Gasteiger partial charge in [0.2, 0.25) is 10.0 Å². The summed E-state index contributed by atoms with van der Waals surface area (Å²) in [6.45, 7) is 5.88. The number of rotatable bonds is 7. The maximum Gasteiger partial charge on any atom is 0.246 e. The summed E-state index contributed by atoms with van der Waals surface area (Å²) in [5.74, 6) is 1.62. The third kappa shape index (κ3) is 4.27. The fraction of sp³-hybridized carbons (Fsp3) is 0.526. The van der Waals surface area contributed by atoms with Crippen LogP contribution >= 0.6 is 0 Å². The molecular weight excluding hydrogens is 366 g/mol. The van der Waals surface area contributed by atoms with Crippen molar-refractivity contribution in [3.63, 3.8) is 0 Å². The highest BCUT2D eigenvalue weighted by Crippen LogP contribution is 2.27. The lowest BCUT2D eigenvalue weighted by molar-refractivity contribution is 0.180. The molecule has 0 amide bonds. The summed E-state index contributed by atoms with van der Waals surface area (Å²) in [6.07, 6.45) is 3.24. The third-order valence-corrected chi connectivity index (χ3v) is 6.95. The smallest absolute Gasteiger partial charge is 0.246 e. The Morgan fingerprint density at radius 3 is 2.78 bits per heavy atom. The molecule has 1 saturated heterocycles. The van der Waals surface area contributed by atoms with Crippen molar-refractivity contribution in [1.29, 1.82) is 0 Å². The zero-order valence-corrected chi connectivity index (χ0v) is 16.9. The maximum atomic E-state index is 13.1. The summed E-state index contributed by atoms with van der Waals surface area (Å²) in [5.41, 5.74) is 0.687. The van der Waals surface area contributed by atoms with Crippen LogP contribution in [0.4, 0.5) is 0 Å². The van der Waals surface area contributed by atoms with Crippen molar-refractivity contribution in [2.75, 3.05) is 26.8 Å². The lowest BCUT2D eigenvalue weighted by atomic mass is 10.0. The molecule has 2 heterocycles. The molecule has 1 fully saturated rings. The first-order valence-corrected chi connectivity index (χ1v) is 10.7. The summed E-state index contributed by atoms with van der Waals surface area (Å²) < 4.78 is 40.5. The quantitative estimate of drug-likeness (QED) is 0.723. The van der Waals surface area contributed by atoms with Crippen LogP contribution < -0.4 is 9.47 Å². The molecule has 27 heavy (non-hydrogen) atoms. The van der Waals surface area contributed by atoms with E-state index in [2.05, 4.69) is 5.10 Å². The topological polar surface area (TPSA) is 73.7 Å². The molecule has 0 saturated carbocycles. The van der Waals surface area contributed by atoms with Gasteiger partial charge in [-0.3, -0.25) is 4.68 Å². The molecule has 0 N–H and O–H groups in total. The van der Waals surface area contributed by atoms with E-state index in [4.69, 9.17) is 9.47 Å². The van der Waals surface area contributed by atoms with Crippen molar-refractivity contribution in [1.82, 2.24) is 14.1 Å². The number of hydrogen-bond donors (Lipinski definition) is 0. The van der Waals surface area contributed by atoms with Crippen LogP contribution in [0.5, 0.6) is 11.5 Å². The Balaban J connectivity index is 1.67. The standard InChI is InChI=1S/C19H27N3O4S/c1-4-22-15(2)19(12-20-22)27(23,24)21-10-6-7-16(13-21)14-26-18-9-5-8-17(11-18)25-3/h5,8-9,11-12,16H,4,6-7,10,13-14H2,1-3H3. The van der Waals surface area contributed by atoms with Gasteiger partial charge in [0.25, 0.3) is 0 Å². The van der Waals surface area contributed by atoms with Crippen molar-refractivity contribution in [2.24, 2.45) is 5.92 Å². The molecule has 0 bridgehead atoms. The first kappa shape index (κ1) is 19.7. The van der Waals surface area contributed by atoms with Crippen LogP contribution in [-0.2, 0) is 16.6 Å². The SMILES string of the molecule is CCn1ncc(S(=O)(=O)N2CCCC(COc3cccc(OC)c3)C2)c1C. The number of hydrogen-bond acceptors (Lipinski definition) is 5. The van der Waals surface area contributed by atoms with E-state index >= 15 is 0 Å². The molecule has 2 aromatic rings. The molecule has 1 aromatic heterocycles. The zero-order valence-electron chi connectivity index (χ0n) is 16.1. The Hall–Kier alpha value is -2.06. The number of piperidine rings is 1. The normalized spacial score (nSPS) is 18.4. The molecule has 1 aliphatic heterocycles. The molecule has 8 heteroatoms. The number of nitrogens with zero attached hydrogens (tertiary/aromatic N) is 3. The molecule has 1 aliphatic rings. The lowest BCUT2D eigenvalue weighted by Gasteiger charge is -2.31. The monoisotopic (exact) mass is 393 g/mol. The average Bonchev–Trinajstić information content (AvgIpc) is 3.08. The number of ether oxygens (including phenoxy) is 2. The Bertz CT molecular complexity index is 879. The lowest BCUT2D eigenvalue weighted by Crippen LogP contribution is -2.41. The van der Waals surface area contributed by atoms with Gasteiger partial charge in [-0.15, -0.1) is 0 Å². The van der Waals surface area contributed by atoms with Crippen LogP contribution in [0.1, 0.15) is 25.5 Å². The molecule has 1 atom stereocenters. The largest absolute Gasteiger partial charge is 0.497 e. The highest BCUT2D eigenvalue weighted by molar-refractivity contribution is 7.89. The van der Waals surface area contributed by atoms with Crippen molar-refractivity contribution in [3.05, 3.63) is 36.2 Å². The highest BCUT2D eigenvalue weighted by atomic mass is 32.2. The van der Waals surface area contributed by atoms with Crippen molar-refractivity contribution >= 4 is 10.0 Å². The van der Waals surface area contributed by atoms with Crippen molar-refractivity contribution < 1.29 is 17.9 Å². The number of sulfonamides is 1. The van der Waals surface area contributed by atoms with Crippen LogP contribution in [0, 0.1) is 12.8 Å². The van der Waals surface area contributed by atoms with Gasteiger partial charge in [0.15, 0.2) is 0 Å². The molecule has 0 aliphatic carbocycles. The minimum atomic E-state index is -3.53. The van der Waals surface area contributed by atoms with Crippen LogP contribution in [0.3, 0.4) is 0 Å². The Morgan fingerprint density at radius 2 is 2.07 bits per heavy atom. The maximum absolute atomic E-state index is 13.1. The van der Waals surface area contributed by atoms with E-state index < -0.39 is 10.0 Å². The minimum absolute atomic E-state index is 0.154. The van der Waals surface area contributed by atoms with Gasteiger partial charge in [0.1, 0.15) is 16.4 Å². The molecule has 3 rings (SSSR count). The van der Waals surface area contributed by atoms with E-state index in [-0.39, 0.29) is 5.92 Å². The summed E-state index contributed by atoms with van der Waals surface area (Å²) in [7, 11) is -1.92. The molecule has 0 radical (unpaired) electrons. The Labute approximate surface area is 160 Å². The number of benzene rings is 1. The summed E-state index contributed by atoms with van der Waals surface area (Å²) in [6, 6.07) is 7.45. The minimum Gasteiger partial charge on any atom is -0.497 e. The van der Waals surface area contributed by atoms with Crippen LogP contribution in [0.2, 0.25) is 0 Å². The third-order valence-electron chi connectivity index (χ3n) is 4.98. The number of methoxy groups -OCH3 is 1. The van der Waals surface area contributed by atoms with E-state index in [9.17, 15) is 8.42 Å². The molecule has 7 nitrogen and oxygen atoms in total. The first-order chi connectivity index (χ1) is 13.0. The summed E-state index contributed by atoms with van der Waals surface area (Å²) in [5, 5.41) is 4.18. The molecule has 1 aromatic carbocycles. The molecule has 1 unspecified atom stereocenters. The van der Waals surface area contributed by atoms with Gasteiger partial charge in [0.05, 0.1) is 25.6 Å². The second-order valence-electron chi connectivity index (χ2n) is 6.77. The Morgan fingerprint density at radius 1 is 1.30 bits per heavy atom. The van der Waals surface area contributed by atoms with Gasteiger partial charge >= 0.3 is 0 Å². The molecule has 148 valence electrons. The second kappa shape index (κ2) is 8.31. The van der Waals surface area contributed by atoms with Crippen LogP contribution in [-0.4, -0.2) is 49.3 Å². The van der Waals surface area contributed by atoms with Gasteiger partial charge in [-0.2, -0.15) is 9.40 Å². The number of aryl methyl sites for hydroxylation is 1. The second-order valence-corrected chi connectivity index (χ2v) is 8.68. The van der Waals surface area contributed by atoms with E-state index in [1.165, 1.54) is 6.20 Å². The molecule has 0 spiro atoms. The van der Waals surface area contributed by atoms with Gasteiger partial charge in [-0.1, -0.05) is 6.07 Å². The van der Waals surface area contributed by atoms with E-state index in [1.807, 2.05) is 31.2 Å². The van der Waals surface area contributed by atoms with Crippen molar-refractivity contribution in [3.8, 4) is 11.5 Å². The number of aromatic nitrogens is 2. The van der Waals surface area contributed by atoms with Gasteiger partial charge in [-0.05, 0) is 38.8 Å². The predicted octanol–water partition coefficient (Wildman–Crippen LogP) is 2.70. The Kier molecular flexibility index (Phi) is 6.06. The zero-order chi connectivity index (χ0) is 19.4. The van der Waals surface area contributed by atoms with Crippen LogP contribution in [0.15, 0.2) is 35.4 Å². The van der Waals surface area contributed by atoms with Crippen molar-refractivity contribution in [2.45, 2.75) is 38.1 Å². The molecular formula is C19H27N3O4S. The van der Waals surface area contributed by atoms with E-state index in [1.54, 1.807) is 23.0 Å². The van der Waals surface area contributed by atoms with E-state index in [0.29, 0.717) is 36.8 Å². The van der Waals surface area contributed by atoms with E-state index in [0.717, 1.165) is 24.3 Å². The van der Waals surface area contributed by atoms with Gasteiger partial charge in [-0.25, -0.2) is 8.42 Å². The van der Waals surface area contributed by atoms with Gasteiger partial charge in [0, 0.05) is 31.6 Å². The fourth-order valence-electron chi connectivity index (χ4n) is 3.43. The summed E-state index contributed by atoms with van der Waals surface area (Å²) in [4.78, 5) is 0.304.